The minimum Gasteiger partial charge on any atom is -0.355 e. The molecule has 3 heteroatoms. The summed E-state index contributed by atoms with van der Waals surface area (Å²) in [6, 6.07) is 0. The lowest BCUT2D eigenvalue weighted by molar-refractivity contribution is -0.120. The van der Waals surface area contributed by atoms with E-state index in [0.717, 1.165) is 24.8 Å². The molecule has 1 aliphatic carbocycles. The van der Waals surface area contributed by atoms with E-state index in [0.29, 0.717) is 6.54 Å². The van der Waals surface area contributed by atoms with Crippen LogP contribution in [-0.2, 0) is 4.79 Å². The van der Waals surface area contributed by atoms with Gasteiger partial charge in [-0.3, -0.25) is 4.79 Å². The standard InChI is InChI=1S/C15H30N2O/c1-12-6-5-7-13(10-12)8-9-16-14(18)11-17-15(2,3)4/h12-13,17H,5-11H2,1-4H3,(H,16,18). The molecule has 1 saturated carbocycles. The summed E-state index contributed by atoms with van der Waals surface area (Å²) >= 11 is 0. The van der Waals surface area contributed by atoms with Crippen LogP contribution in [-0.4, -0.2) is 24.5 Å². The predicted molar refractivity (Wildman–Crippen MR) is 76.5 cm³/mol. The topological polar surface area (TPSA) is 41.1 Å². The van der Waals surface area contributed by atoms with Crippen molar-refractivity contribution in [1.82, 2.24) is 10.6 Å². The average molecular weight is 254 g/mol. The van der Waals surface area contributed by atoms with Crippen LogP contribution >= 0.6 is 0 Å². The highest BCUT2D eigenvalue weighted by Gasteiger charge is 2.18. The summed E-state index contributed by atoms with van der Waals surface area (Å²) in [6.07, 6.45) is 6.59. The van der Waals surface area contributed by atoms with Crippen molar-refractivity contribution in [3.63, 3.8) is 0 Å². The van der Waals surface area contributed by atoms with Crippen LogP contribution in [0.2, 0.25) is 0 Å². The summed E-state index contributed by atoms with van der Waals surface area (Å²) in [6.45, 7) is 9.82. The van der Waals surface area contributed by atoms with Gasteiger partial charge in [0.05, 0.1) is 6.54 Å². The van der Waals surface area contributed by atoms with Crippen molar-refractivity contribution in [2.45, 2.75) is 65.3 Å². The smallest absolute Gasteiger partial charge is 0.233 e. The fourth-order valence-electron chi connectivity index (χ4n) is 2.65. The Bertz CT molecular complexity index is 258. The van der Waals surface area contributed by atoms with Gasteiger partial charge in [-0.25, -0.2) is 0 Å². The van der Waals surface area contributed by atoms with Gasteiger partial charge in [0, 0.05) is 12.1 Å². The number of carbonyl (C=O) groups is 1. The van der Waals surface area contributed by atoms with E-state index in [-0.39, 0.29) is 11.4 Å². The zero-order chi connectivity index (χ0) is 13.6. The van der Waals surface area contributed by atoms with Crippen LogP contribution in [0.4, 0.5) is 0 Å². The molecule has 18 heavy (non-hydrogen) atoms. The number of hydrogen-bond acceptors (Lipinski definition) is 2. The molecule has 2 atom stereocenters. The van der Waals surface area contributed by atoms with Crippen molar-refractivity contribution in [1.29, 1.82) is 0 Å². The molecule has 0 radical (unpaired) electrons. The molecular weight excluding hydrogens is 224 g/mol. The molecule has 0 saturated heterocycles. The van der Waals surface area contributed by atoms with Crippen molar-refractivity contribution in [2.75, 3.05) is 13.1 Å². The van der Waals surface area contributed by atoms with Gasteiger partial charge < -0.3 is 10.6 Å². The molecule has 0 bridgehead atoms. The van der Waals surface area contributed by atoms with Gasteiger partial charge in [0.2, 0.25) is 5.91 Å². The van der Waals surface area contributed by atoms with Gasteiger partial charge in [-0.2, -0.15) is 0 Å². The molecule has 106 valence electrons. The summed E-state index contributed by atoms with van der Waals surface area (Å²) < 4.78 is 0. The number of rotatable bonds is 5. The summed E-state index contributed by atoms with van der Waals surface area (Å²) in [5.74, 6) is 1.82. The normalized spacial score (nSPS) is 24.9. The van der Waals surface area contributed by atoms with Crippen LogP contribution in [0.3, 0.4) is 0 Å². The minimum absolute atomic E-state index is 0.0101. The Morgan fingerprint density at radius 1 is 1.28 bits per heavy atom. The number of hydrogen-bond donors (Lipinski definition) is 2. The van der Waals surface area contributed by atoms with E-state index in [9.17, 15) is 4.79 Å². The van der Waals surface area contributed by atoms with Gasteiger partial charge in [-0.1, -0.05) is 26.2 Å². The first-order valence-electron chi connectivity index (χ1n) is 7.38. The van der Waals surface area contributed by atoms with E-state index in [1.165, 1.54) is 25.7 Å². The molecule has 0 aromatic carbocycles. The minimum atomic E-state index is 0.0101. The first-order chi connectivity index (χ1) is 8.37. The molecule has 1 aliphatic rings. The fraction of sp³-hybridized carbons (Fsp3) is 0.933. The second-order valence-electron chi connectivity index (χ2n) is 6.88. The van der Waals surface area contributed by atoms with Crippen LogP contribution in [0.5, 0.6) is 0 Å². The lowest BCUT2D eigenvalue weighted by Crippen LogP contribution is -2.43. The van der Waals surface area contributed by atoms with E-state index in [4.69, 9.17) is 0 Å². The third-order valence-corrected chi connectivity index (χ3v) is 3.70. The highest BCUT2D eigenvalue weighted by molar-refractivity contribution is 5.78. The Kier molecular flexibility index (Phi) is 6.13. The number of nitrogens with one attached hydrogen (secondary N) is 2. The SMILES string of the molecule is CC1CCCC(CCNC(=O)CNC(C)(C)C)C1. The van der Waals surface area contributed by atoms with Crippen molar-refractivity contribution in [3.8, 4) is 0 Å². The van der Waals surface area contributed by atoms with Crippen LogP contribution < -0.4 is 10.6 Å². The maximum atomic E-state index is 11.6. The second kappa shape index (κ2) is 7.13. The molecule has 0 aliphatic heterocycles. The van der Waals surface area contributed by atoms with Gasteiger partial charge in [0.1, 0.15) is 0 Å². The molecule has 3 nitrogen and oxygen atoms in total. The summed E-state index contributed by atoms with van der Waals surface area (Å²) in [5, 5.41) is 6.22. The van der Waals surface area contributed by atoms with E-state index in [2.05, 4.69) is 38.3 Å². The van der Waals surface area contributed by atoms with Gasteiger partial charge in [0.25, 0.3) is 0 Å². The molecule has 2 N–H and O–H groups in total. The maximum absolute atomic E-state index is 11.6. The van der Waals surface area contributed by atoms with Crippen molar-refractivity contribution in [2.24, 2.45) is 11.8 Å². The summed E-state index contributed by atoms with van der Waals surface area (Å²) in [5.41, 5.74) is 0.0101. The van der Waals surface area contributed by atoms with Crippen LogP contribution in [0.15, 0.2) is 0 Å². The molecule has 0 aromatic rings. The molecule has 0 aromatic heterocycles. The lowest BCUT2D eigenvalue weighted by Gasteiger charge is -2.26. The van der Waals surface area contributed by atoms with Gasteiger partial charge in [0.15, 0.2) is 0 Å². The van der Waals surface area contributed by atoms with Crippen LogP contribution in [0.25, 0.3) is 0 Å². The quantitative estimate of drug-likeness (QED) is 0.792. The maximum Gasteiger partial charge on any atom is 0.233 e. The molecule has 1 amide bonds. The van der Waals surface area contributed by atoms with E-state index in [1.807, 2.05) is 0 Å². The third kappa shape index (κ3) is 7.00. The average Bonchev–Trinajstić information content (AvgIpc) is 2.25. The van der Waals surface area contributed by atoms with Crippen LogP contribution in [0, 0.1) is 11.8 Å². The number of amides is 1. The predicted octanol–water partition coefficient (Wildman–Crippen LogP) is 2.71. The van der Waals surface area contributed by atoms with E-state index >= 15 is 0 Å². The zero-order valence-corrected chi connectivity index (χ0v) is 12.5. The van der Waals surface area contributed by atoms with Crippen molar-refractivity contribution in [3.05, 3.63) is 0 Å². The second-order valence-corrected chi connectivity index (χ2v) is 6.88. The van der Waals surface area contributed by atoms with Crippen molar-refractivity contribution < 1.29 is 4.79 Å². The highest BCUT2D eigenvalue weighted by Crippen LogP contribution is 2.30. The fourth-order valence-corrected chi connectivity index (χ4v) is 2.65. The molecule has 1 fully saturated rings. The molecule has 2 unspecified atom stereocenters. The Balaban J connectivity index is 2.08. The monoisotopic (exact) mass is 254 g/mol. The third-order valence-electron chi connectivity index (χ3n) is 3.70. The molecule has 0 heterocycles. The zero-order valence-electron chi connectivity index (χ0n) is 12.5. The number of carbonyl (C=O) groups excluding carboxylic acids is 1. The van der Waals surface area contributed by atoms with E-state index in [1.54, 1.807) is 0 Å². The van der Waals surface area contributed by atoms with Gasteiger partial charge >= 0.3 is 0 Å². The first kappa shape index (κ1) is 15.5. The highest BCUT2D eigenvalue weighted by atomic mass is 16.1. The van der Waals surface area contributed by atoms with Gasteiger partial charge in [-0.05, 0) is 45.4 Å². The largest absolute Gasteiger partial charge is 0.355 e. The summed E-state index contributed by atoms with van der Waals surface area (Å²) in [4.78, 5) is 11.6. The van der Waals surface area contributed by atoms with Crippen molar-refractivity contribution >= 4 is 5.91 Å². The van der Waals surface area contributed by atoms with E-state index < -0.39 is 0 Å². The van der Waals surface area contributed by atoms with Crippen LogP contribution in [0.1, 0.15) is 59.8 Å². The van der Waals surface area contributed by atoms with Gasteiger partial charge in [-0.15, -0.1) is 0 Å². The lowest BCUT2D eigenvalue weighted by atomic mass is 9.81. The molecule has 0 spiro atoms. The molecule has 1 rings (SSSR count). The summed E-state index contributed by atoms with van der Waals surface area (Å²) in [7, 11) is 0. The first-order valence-corrected chi connectivity index (χ1v) is 7.38. The Morgan fingerprint density at radius 2 is 2.00 bits per heavy atom. The molecular formula is C15H30N2O. The Morgan fingerprint density at radius 3 is 2.61 bits per heavy atom. The Hall–Kier alpha value is -0.570. The Labute approximate surface area is 112 Å².